The van der Waals surface area contributed by atoms with Crippen LogP contribution in [0, 0.1) is 0 Å². The van der Waals surface area contributed by atoms with Gasteiger partial charge < -0.3 is 4.74 Å². The molecule has 0 amide bonds. The first-order valence-corrected chi connectivity index (χ1v) is 7.97. The highest BCUT2D eigenvalue weighted by Crippen LogP contribution is 2.26. The average Bonchev–Trinajstić information content (AvgIpc) is 2.52. The number of carbonyl (C=O) groups is 2. The van der Waals surface area contributed by atoms with Crippen LogP contribution in [0.3, 0.4) is 0 Å². The maximum absolute atomic E-state index is 13.9. The van der Waals surface area contributed by atoms with Gasteiger partial charge in [-0.15, -0.1) is 0 Å². The third-order valence-corrected chi connectivity index (χ3v) is 3.71. The predicted molar refractivity (Wildman–Crippen MR) is 88.3 cm³/mol. The Bertz CT molecular complexity index is 542. The van der Waals surface area contributed by atoms with Gasteiger partial charge in [-0.3, -0.25) is 4.79 Å². The molecule has 3 nitrogen and oxygen atoms in total. The molecule has 22 heavy (non-hydrogen) atoms. The normalized spacial score (nSPS) is 12.1. The van der Waals surface area contributed by atoms with Gasteiger partial charge in [0.05, 0.1) is 10.2 Å². The van der Waals surface area contributed by atoms with Gasteiger partial charge in [-0.25, -0.2) is 4.79 Å². The van der Waals surface area contributed by atoms with Crippen LogP contribution in [-0.2, 0) is 9.53 Å². The minimum atomic E-state index is -3.55. The summed E-state index contributed by atoms with van der Waals surface area (Å²) in [6, 6.07) is 7.36. The van der Waals surface area contributed by atoms with E-state index in [1.807, 2.05) is 6.92 Å². The van der Waals surface area contributed by atoms with E-state index in [0.717, 1.165) is 18.9 Å². The van der Waals surface area contributed by atoms with Crippen molar-refractivity contribution in [1.29, 1.82) is 0 Å². The van der Waals surface area contributed by atoms with Crippen LogP contribution in [0.4, 0.5) is 8.78 Å². The average molecular weight is 422 g/mol. The number of ketones is 1. The van der Waals surface area contributed by atoms with E-state index in [2.05, 4.69) is 0 Å². The Morgan fingerprint density at radius 2 is 1.91 bits per heavy atom. The number of allylic oxidation sites excluding steroid dienone is 1. The first-order chi connectivity index (χ1) is 10.4. The second-order valence-electron chi connectivity index (χ2n) is 4.65. The van der Waals surface area contributed by atoms with E-state index in [-0.39, 0.29) is 15.8 Å². The summed E-state index contributed by atoms with van der Waals surface area (Å²) in [5, 5.41) is 0. The van der Waals surface area contributed by atoms with Crippen molar-refractivity contribution >= 4 is 34.3 Å². The number of rotatable bonds is 8. The first kappa shape index (κ1) is 18.7. The van der Waals surface area contributed by atoms with Crippen molar-refractivity contribution in [3.05, 3.63) is 45.6 Å². The van der Waals surface area contributed by atoms with Gasteiger partial charge in [0.1, 0.15) is 0 Å². The Kier molecular flexibility index (Phi) is 7.64. The molecule has 0 aromatic heterocycles. The molecule has 6 heteroatoms. The number of ether oxygens (including phenoxy) is 1. The fourth-order valence-corrected chi connectivity index (χ4v) is 1.95. The molecule has 0 saturated carbocycles. The van der Waals surface area contributed by atoms with E-state index < -0.39 is 24.1 Å². The molecule has 0 aliphatic rings. The van der Waals surface area contributed by atoms with Crippen molar-refractivity contribution in [3.8, 4) is 0 Å². The van der Waals surface area contributed by atoms with Gasteiger partial charge in [-0.1, -0.05) is 49.8 Å². The standard InChI is InChI=1S/C16H17F2IO3/c1-2-3-11-22-15(21)13(19)9-10-16(17,18)14(20)12-7-5-4-6-8-12/h4-9H,2-3,10-11H2,1H3/b13-9-. The number of esters is 1. The zero-order chi connectivity index (χ0) is 16.6. The molecule has 0 aliphatic carbocycles. The second kappa shape index (κ2) is 8.97. The quantitative estimate of drug-likeness (QED) is 0.203. The Balaban J connectivity index is 2.65. The number of unbranched alkanes of at least 4 members (excludes halogenated alkanes) is 1. The summed E-state index contributed by atoms with van der Waals surface area (Å²) in [5.74, 6) is -5.45. The highest BCUT2D eigenvalue weighted by molar-refractivity contribution is 14.1. The molecule has 0 radical (unpaired) electrons. The molecule has 0 heterocycles. The van der Waals surface area contributed by atoms with Gasteiger partial charge in [-0.05, 0) is 29.0 Å². The Morgan fingerprint density at radius 3 is 2.50 bits per heavy atom. The summed E-state index contributed by atoms with van der Waals surface area (Å²) < 4.78 is 32.7. The molecule has 0 aliphatic heterocycles. The summed E-state index contributed by atoms with van der Waals surface area (Å²) in [6.45, 7) is 2.21. The Morgan fingerprint density at radius 1 is 1.27 bits per heavy atom. The van der Waals surface area contributed by atoms with Gasteiger partial charge in [-0.2, -0.15) is 8.78 Å². The molecule has 0 atom stereocenters. The minimum Gasteiger partial charge on any atom is -0.462 e. The highest BCUT2D eigenvalue weighted by atomic mass is 127. The molecular formula is C16H17F2IO3. The molecule has 120 valence electrons. The molecule has 1 aromatic rings. The van der Waals surface area contributed by atoms with Crippen LogP contribution in [0.5, 0.6) is 0 Å². The van der Waals surface area contributed by atoms with Crippen molar-refractivity contribution in [2.45, 2.75) is 32.1 Å². The summed E-state index contributed by atoms with van der Waals surface area (Å²) in [5.41, 5.74) is -0.0542. The smallest absolute Gasteiger partial charge is 0.344 e. The molecule has 0 fully saturated rings. The van der Waals surface area contributed by atoms with Crippen molar-refractivity contribution < 1.29 is 23.1 Å². The van der Waals surface area contributed by atoms with E-state index in [1.165, 1.54) is 24.3 Å². The number of Topliss-reactive ketones (excluding diaryl/α,β-unsaturated/α-hetero) is 1. The lowest BCUT2D eigenvalue weighted by molar-refractivity contribution is -0.138. The summed E-state index contributed by atoms with van der Waals surface area (Å²) in [6.07, 6.45) is 1.80. The Labute approximate surface area is 141 Å². The van der Waals surface area contributed by atoms with Crippen LogP contribution >= 0.6 is 22.6 Å². The monoisotopic (exact) mass is 422 g/mol. The summed E-state index contributed by atoms with van der Waals surface area (Å²) in [7, 11) is 0. The first-order valence-electron chi connectivity index (χ1n) is 6.89. The number of hydrogen-bond acceptors (Lipinski definition) is 3. The zero-order valence-corrected chi connectivity index (χ0v) is 14.3. The van der Waals surface area contributed by atoms with E-state index in [9.17, 15) is 18.4 Å². The van der Waals surface area contributed by atoms with E-state index >= 15 is 0 Å². The molecule has 0 spiro atoms. The summed E-state index contributed by atoms with van der Waals surface area (Å²) in [4.78, 5) is 23.3. The molecule has 1 aromatic carbocycles. The SMILES string of the molecule is CCCCOC(=O)/C(I)=C/CC(F)(F)C(=O)c1ccccc1. The topological polar surface area (TPSA) is 43.4 Å². The van der Waals surface area contributed by atoms with Crippen LogP contribution in [0.1, 0.15) is 36.5 Å². The van der Waals surface area contributed by atoms with Crippen molar-refractivity contribution in [2.24, 2.45) is 0 Å². The number of carbonyl (C=O) groups excluding carboxylic acids is 2. The van der Waals surface area contributed by atoms with Crippen LogP contribution in [0.15, 0.2) is 40.0 Å². The maximum Gasteiger partial charge on any atom is 0.344 e. The van der Waals surface area contributed by atoms with Crippen LogP contribution in [0.25, 0.3) is 0 Å². The van der Waals surface area contributed by atoms with Gasteiger partial charge in [0, 0.05) is 12.0 Å². The zero-order valence-electron chi connectivity index (χ0n) is 12.2. The lowest BCUT2D eigenvalue weighted by atomic mass is 10.0. The number of alkyl halides is 2. The minimum absolute atomic E-state index is 0.0502. The van der Waals surface area contributed by atoms with Gasteiger partial charge in [0.15, 0.2) is 0 Å². The number of benzene rings is 1. The van der Waals surface area contributed by atoms with E-state index in [4.69, 9.17) is 4.74 Å². The van der Waals surface area contributed by atoms with Crippen molar-refractivity contribution in [3.63, 3.8) is 0 Å². The summed E-state index contributed by atoms with van der Waals surface area (Å²) >= 11 is 1.64. The van der Waals surface area contributed by atoms with Gasteiger partial charge in [0.25, 0.3) is 0 Å². The van der Waals surface area contributed by atoms with E-state index in [1.54, 1.807) is 28.7 Å². The number of halogens is 3. The predicted octanol–water partition coefficient (Wildman–Crippen LogP) is 4.56. The highest BCUT2D eigenvalue weighted by Gasteiger charge is 2.38. The van der Waals surface area contributed by atoms with Crippen LogP contribution in [0.2, 0.25) is 0 Å². The van der Waals surface area contributed by atoms with Gasteiger partial charge >= 0.3 is 11.9 Å². The molecule has 1 rings (SSSR count). The third kappa shape index (κ3) is 5.82. The molecule has 0 unspecified atom stereocenters. The molecular weight excluding hydrogens is 405 g/mol. The van der Waals surface area contributed by atoms with Crippen molar-refractivity contribution in [2.75, 3.05) is 6.61 Å². The number of hydrogen-bond donors (Lipinski definition) is 0. The molecule has 0 bridgehead atoms. The van der Waals surface area contributed by atoms with Crippen LogP contribution in [-0.4, -0.2) is 24.3 Å². The lowest BCUT2D eigenvalue weighted by Gasteiger charge is -2.13. The molecule has 0 saturated heterocycles. The van der Waals surface area contributed by atoms with E-state index in [0.29, 0.717) is 0 Å². The fraction of sp³-hybridized carbons (Fsp3) is 0.375. The fourth-order valence-electron chi connectivity index (χ4n) is 1.57. The Hall–Kier alpha value is -1.31. The molecule has 0 N–H and O–H groups in total. The largest absolute Gasteiger partial charge is 0.462 e. The second-order valence-corrected chi connectivity index (χ2v) is 5.81. The maximum atomic E-state index is 13.9. The lowest BCUT2D eigenvalue weighted by Crippen LogP contribution is -2.28. The van der Waals surface area contributed by atoms with Gasteiger partial charge in [0.2, 0.25) is 5.78 Å². The third-order valence-electron chi connectivity index (χ3n) is 2.83. The van der Waals surface area contributed by atoms with Crippen molar-refractivity contribution in [1.82, 2.24) is 0 Å². The van der Waals surface area contributed by atoms with Crippen LogP contribution < -0.4 is 0 Å².